The van der Waals surface area contributed by atoms with E-state index in [9.17, 15) is 14.7 Å². The van der Waals surface area contributed by atoms with Gasteiger partial charge in [0.1, 0.15) is 6.61 Å². The minimum absolute atomic E-state index is 0.0764. The number of ether oxygens (including phenoxy) is 2. The largest absolute Gasteiger partial charge is 0.462 e. The van der Waals surface area contributed by atoms with E-state index in [1.165, 1.54) is 180 Å². The first-order valence-corrected chi connectivity index (χ1v) is 31.8. The van der Waals surface area contributed by atoms with Gasteiger partial charge in [0.25, 0.3) is 0 Å². The maximum Gasteiger partial charge on any atom is 0.306 e. The van der Waals surface area contributed by atoms with E-state index in [-0.39, 0.29) is 25.2 Å². The lowest BCUT2D eigenvalue weighted by atomic mass is 10.0. The Labute approximate surface area is 459 Å². The summed E-state index contributed by atoms with van der Waals surface area (Å²) in [4.78, 5) is 24.6. The molecule has 1 N–H and O–H groups in total. The molecule has 0 radical (unpaired) electrons. The van der Waals surface area contributed by atoms with E-state index in [0.29, 0.717) is 12.8 Å². The van der Waals surface area contributed by atoms with Crippen LogP contribution in [-0.2, 0) is 19.1 Å². The average Bonchev–Trinajstić information content (AvgIpc) is 3.40. The van der Waals surface area contributed by atoms with Crippen LogP contribution in [0.4, 0.5) is 0 Å². The number of rotatable bonds is 58. The molecule has 0 aromatic heterocycles. The molecular formula is C69H120O5. The quantitative estimate of drug-likeness (QED) is 0.0373. The minimum Gasteiger partial charge on any atom is -0.462 e. The van der Waals surface area contributed by atoms with Gasteiger partial charge in [-0.05, 0) is 96.3 Å². The number of unbranched alkanes of at least 4 members (excludes halogenated alkanes) is 34. The zero-order valence-corrected chi connectivity index (χ0v) is 48.8. The van der Waals surface area contributed by atoms with Crippen molar-refractivity contribution in [3.05, 3.63) is 97.2 Å². The first-order chi connectivity index (χ1) is 36.6. The third-order valence-corrected chi connectivity index (χ3v) is 13.9. The van der Waals surface area contributed by atoms with Crippen LogP contribution in [0.25, 0.3) is 0 Å². The molecule has 1 atom stereocenters. The summed E-state index contributed by atoms with van der Waals surface area (Å²) in [6.45, 7) is 4.04. The van der Waals surface area contributed by atoms with Gasteiger partial charge in [-0.15, -0.1) is 0 Å². The first-order valence-electron chi connectivity index (χ1n) is 31.8. The molecule has 0 spiro atoms. The van der Waals surface area contributed by atoms with Gasteiger partial charge in [0, 0.05) is 12.8 Å². The van der Waals surface area contributed by atoms with Gasteiger partial charge >= 0.3 is 11.9 Å². The molecule has 426 valence electrons. The van der Waals surface area contributed by atoms with Crippen molar-refractivity contribution in [3.8, 4) is 0 Å². The summed E-state index contributed by atoms with van der Waals surface area (Å²) in [6, 6.07) is 0. The Bertz CT molecular complexity index is 1400. The van der Waals surface area contributed by atoms with E-state index < -0.39 is 6.10 Å². The number of aliphatic hydroxyl groups excluding tert-OH is 1. The van der Waals surface area contributed by atoms with Crippen LogP contribution in [0.1, 0.15) is 309 Å². The fourth-order valence-electron chi connectivity index (χ4n) is 9.12. The highest BCUT2D eigenvalue weighted by Gasteiger charge is 2.16. The summed E-state index contributed by atoms with van der Waals surface area (Å²) in [6.07, 6.45) is 91.3. The summed E-state index contributed by atoms with van der Waals surface area (Å²) >= 11 is 0. The van der Waals surface area contributed by atoms with Crippen molar-refractivity contribution in [1.82, 2.24) is 0 Å². The van der Waals surface area contributed by atoms with E-state index in [1.54, 1.807) is 0 Å². The normalized spacial score (nSPS) is 12.9. The van der Waals surface area contributed by atoms with Crippen LogP contribution in [0.2, 0.25) is 0 Å². The topological polar surface area (TPSA) is 72.8 Å². The van der Waals surface area contributed by atoms with Gasteiger partial charge in [-0.3, -0.25) is 9.59 Å². The molecular weight excluding hydrogens is 909 g/mol. The Kier molecular flexibility index (Phi) is 61.4. The van der Waals surface area contributed by atoms with Crippen molar-refractivity contribution in [2.24, 2.45) is 0 Å². The molecule has 74 heavy (non-hydrogen) atoms. The summed E-state index contributed by atoms with van der Waals surface area (Å²) in [5, 5.41) is 9.68. The van der Waals surface area contributed by atoms with E-state index in [0.717, 1.165) is 103 Å². The fraction of sp³-hybridized carbons (Fsp3) is 0.739. The number of hydrogen-bond acceptors (Lipinski definition) is 5. The average molecular weight is 1030 g/mol. The SMILES string of the molecule is CC/C=C\C/C=C\C/C=C\C/C=C\C/C=C\C/C=C\C/C=C\CCCCCCCC(=O)OC(CO)COC(=O)CCCCCCCCCCCCCCCCCCCCCCC/C=C\CCCCCCCCCC. The van der Waals surface area contributed by atoms with Crippen molar-refractivity contribution in [1.29, 1.82) is 0 Å². The maximum absolute atomic E-state index is 12.3. The van der Waals surface area contributed by atoms with Crippen LogP contribution in [0.3, 0.4) is 0 Å². The highest BCUT2D eigenvalue weighted by molar-refractivity contribution is 5.70. The second-order valence-corrected chi connectivity index (χ2v) is 21.1. The maximum atomic E-state index is 12.3. The Morgan fingerprint density at radius 2 is 0.581 bits per heavy atom. The van der Waals surface area contributed by atoms with Crippen molar-refractivity contribution in [2.45, 2.75) is 315 Å². The number of hydrogen-bond donors (Lipinski definition) is 1. The molecule has 0 rings (SSSR count). The van der Waals surface area contributed by atoms with Crippen LogP contribution in [0, 0.1) is 0 Å². The van der Waals surface area contributed by atoms with Crippen LogP contribution in [0.5, 0.6) is 0 Å². The molecule has 0 saturated heterocycles. The van der Waals surface area contributed by atoms with E-state index in [2.05, 4.69) is 111 Å². The zero-order chi connectivity index (χ0) is 53.4. The summed E-state index contributed by atoms with van der Waals surface area (Å²) in [5.41, 5.74) is 0. The fourth-order valence-corrected chi connectivity index (χ4v) is 9.12. The van der Waals surface area contributed by atoms with Gasteiger partial charge in [0.15, 0.2) is 6.10 Å². The van der Waals surface area contributed by atoms with Crippen LogP contribution >= 0.6 is 0 Å². The Morgan fingerprint density at radius 3 is 0.892 bits per heavy atom. The standard InChI is InChI=1S/C69H120O5/c1-3-5-7-9-11-13-15-17-19-21-23-25-27-29-31-32-33-34-35-36-38-39-41-43-45-47-49-51-53-55-57-59-61-63-68(71)73-66-67(65-70)74-69(72)64-62-60-58-56-54-52-50-48-46-44-42-40-37-30-28-26-24-22-20-18-16-14-12-10-8-6-4-2/h6,8,12,14,18,20-21,23-24,26,30,37,42,44,48,50,67,70H,3-5,7,9-11,13,15-17,19,22,25,27-29,31-36,38-41,43,45-47,49,51-66H2,1-2H3/b8-6-,14-12-,20-18-,23-21-,26-24-,37-30-,44-42-,50-48-. The highest BCUT2D eigenvalue weighted by atomic mass is 16.6. The zero-order valence-electron chi connectivity index (χ0n) is 48.8. The first kappa shape index (κ1) is 70.8. The molecule has 5 nitrogen and oxygen atoms in total. The summed E-state index contributed by atoms with van der Waals surface area (Å²) in [7, 11) is 0. The number of carbonyl (C=O) groups is 2. The molecule has 0 heterocycles. The van der Waals surface area contributed by atoms with Crippen LogP contribution in [-0.4, -0.2) is 36.4 Å². The minimum atomic E-state index is -0.789. The van der Waals surface area contributed by atoms with Crippen molar-refractivity contribution < 1.29 is 24.2 Å². The molecule has 0 bridgehead atoms. The third-order valence-electron chi connectivity index (χ3n) is 13.9. The van der Waals surface area contributed by atoms with Crippen molar-refractivity contribution in [2.75, 3.05) is 13.2 Å². The highest BCUT2D eigenvalue weighted by Crippen LogP contribution is 2.17. The van der Waals surface area contributed by atoms with Gasteiger partial charge in [0.05, 0.1) is 6.61 Å². The molecule has 1 unspecified atom stereocenters. The second kappa shape index (κ2) is 64.1. The van der Waals surface area contributed by atoms with E-state index in [4.69, 9.17) is 9.47 Å². The van der Waals surface area contributed by atoms with Gasteiger partial charge in [-0.2, -0.15) is 0 Å². The molecule has 0 aliphatic carbocycles. The lowest BCUT2D eigenvalue weighted by molar-refractivity contribution is -0.161. The number of aliphatic hydroxyl groups is 1. The lowest BCUT2D eigenvalue weighted by Crippen LogP contribution is -2.28. The molecule has 0 fully saturated rings. The molecule has 0 aromatic rings. The van der Waals surface area contributed by atoms with Gasteiger partial charge in [-0.1, -0.05) is 297 Å². The predicted octanol–water partition coefficient (Wildman–Crippen LogP) is 21.9. The number of esters is 2. The Morgan fingerprint density at radius 1 is 0.324 bits per heavy atom. The number of carbonyl (C=O) groups excluding carboxylic acids is 2. The second-order valence-electron chi connectivity index (χ2n) is 21.1. The Balaban J connectivity index is 3.50. The molecule has 0 saturated carbocycles. The number of allylic oxidation sites excluding steroid dienone is 16. The van der Waals surface area contributed by atoms with Gasteiger partial charge in [-0.25, -0.2) is 0 Å². The summed E-state index contributed by atoms with van der Waals surface area (Å²) < 4.78 is 10.7. The molecule has 0 amide bonds. The van der Waals surface area contributed by atoms with Crippen molar-refractivity contribution in [3.63, 3.8) is 0 Å². The van der Waals surface area contributed by atoms with E-state index >= 15 is 0 Å². The van der Waals surface area contributed by atoms with Gasteiger partial charge < -0.3 is 14.6 Å². The molecule has 0 aliphatic heterocycles. The van der Waals surface area contributed by atoms with Crippen molar-refractivity contribution >= 4 is 11.9 Å². The summed E-state index contributed by atoms with van der Waals surface area (Å²) in [5.74, 6) is -0.607. The van der Waals surface area contributed by atoms with Crippen LogP contribution < -0.4 is 0 Å². The Hall–Kier alpha value is -3.18. The lowest BCUT2D eigenvalue weighted by Gasteiger charge is -2.15. The monoisotopic (exact) mass is 1030 g/mol. The van der Waals surface area contributed by atoms with Gasteiger partial charge in [0.2, 0.25) is 0 Å². The smallest absolute Gasteiger partial charge is 0.306 e. The molecule has 0 aromatic carbocycles. The third kappa shape index (κ3) is 61.4. The van der Waals surface area contributed by atoms with E-state index in [1.807, 2.05) is 0 Å². The van der Waals surface area contributed by atoms with Crippen LogP contribution in [0.15, 0.2) is 97.2 Å². The molecule has 0 aliphatic rings. The predicted molar refractivity (Wildman–Crippen MR) is 325 cm³/mol. The molecule has 5 heteroatoms.